The van der Waals surface area contributed by atoms with E-state index in [-0.39, 0.29) is 16.3 Å². The van der Waals surface area contributed by atoms with Gasteiger partial charge in [-0.1, -0.05) is 0 Å². The Morgan fingerprint density at radius 1 is 0.944 bits per heavy atom. The molecule has 2 aromatic rings. The van der Waals surface area contributed by atoms with E-state index in [2.05, 4.69) is 0 Å². The summed E-state index contributed by atoms with van der Waals surface area (Å²) >= 11 is 0. The average molecular weight is 248 g/mol. The van der Waals surface area contributed by atoms with Crippen molar-refractivity contribution in [1.82, 2.24) is 0 Å². The predicted molar refractivity (Wildman–Crippen MR) is 61.2 cm³/mol. The molecule has 0 aromatic heterocycles. The number of hydrogen-bond acceptors (Lipinski definition) is 4. The second-order valence-corrected chi connectivity index (χ2v) is 3.67. The molecule has 2 aromatic carbocycles. The lowest BCUT2D eigenvalue weighted by molar-refractivity contribution is 0.0681. The fourth-order valence-electron chi connectivity index (χ4n) is 1.72. The molecule has 0 bridgehead atoms. The van der Waals surface area contributed by atoms with Crippen molar-refractivity contribution in [3.63, 3.8) is 0 Å². The molecule has 0 aliphatic rings. The summed E-state index contributed by atoms with van der Waals surface area (Å²) in [6.45, 7) is 0. The van der Waals surface area contributed by atoms with Gasteiger partial charge in [-0.15, -0.1) is 0 Å². The van der Waals surface area contributed by atoms with Gasteiger partial charge in [-0.25, -0.2) is 9.59 Å². The van der Waals surface area contributed by atoms with Crippen molar-refractivity contribution < 1.29 is 30.0 Å². The number of carboxylic acid groups (broad SMARTS) is 2. The number of carbonyl (C=O) groups is 2. The molecule has 0 atom stereocenters. The van der Waals surface area contributed by atoms with Gasteiger partial charge in [0.05, 0.1) is 5.56 Å². The predicted octanol–water partition coefficient (Wildman–Crippen LogP) is 1.65. The zero-order valence-corrected chi connectivity index (χ0v) is 8.91. The fourth-order valence-corrected chi connectivity index (χ4v) is 1.72. The van der Waals surface area contributed by atoms with Crippen LogP contribution in [0.1, 0.15) is 20.7 Å². The Morgan fingerprint density at radius 3 is 2.17 bits per heavy atom. The van der Waals surface area contributed by atoms with E-state index >= 15 is 0 Å². The number of aromatic carboxylic acids is 2. The minimum Gasteiger partial charge on any atom is -0.507 e. The quantitative estimate of drug-likeness (QED) is 0.642. The molecule has 6 heteroatoms. The van der Waals surface area contributed by atoms with Gasteiger partial charge in [0.25, 0.3) is 0 Å². The van der Waals surface area contributed by atoms with Crippen LogP contribution in [0.15, 0.2) is 24.3 Å². The van der Waals surface area contributed by atoms with Crippen molar-refractivity contribution in [2.75, 3.05) is 0 Å². The van der Waals surface area contributed by atoms with E-state index in [4.69, 9.17) is 10.2 Å². The highest BCUT2D eigenvalue weighted by atomic mass is 16.4. The Balaban J connectivity index is 2.82. The summed E-state index contributed by atoms with van der Waals surface area (Å²) in [5, 5.41) is 37.3. The van der Waals surface area contributed by atoms with Gasteiger partial charge < -0.3 is 20.4 Å². The van der Waals surface area contributed by atoms with Crippen LogP contribution in [0.4, 0.5) is 0 Å². The molecule has 0 saturated heterocycles. The molecule has 0 radical (unpaired) electrons. The van der Waals surface area contributed by atoms with E-state index in [1.165, 1.54) is 18.2 Å². The van der Waals surface area contributed by atoms with Crippen LogP contribution in [-0.2, 0) is 0 Å². The zero-order valence-electron chi connectivity index (χ0n) is 8.91. The lowest BCUT2D eigenvalue weighted by Gasteiger charge is -2.07. The summed E-state index contributed by atoms with van der Waals surface area (Å²) in [6.07, 6.45) is 0. The Labute approximate surface area is 100 Å². The molecular weight excluding hydrogens is 240 g/mol. The van der Waals surface area contributed by atoms with Gasteiger partial charge in [-0.3, -0.25) is 0 Å². The van der Waals surface area contributed by atoms with Crippen LogP contribution >= 0.6 is 0 Å². The number of rotatable bonds is 2. The Kier molecular flexibility index (Phi) is 2.55. The van der Waals surface area contributed by atoms with Gasteiger partial charge >= 0.3 is 11.9 Å². The lowest BCUT2D eigenvalue weighted by atomic mass is 10.0. The molecule has 6 nitrogen and oxygen atoms in total. The molecule has 0 unspecified atom stereocenters. The Bertz CT molecular complexity index is 674. The van der Waals surface area contributed by atoms with Gasteiger partial charge in [-0.05, 0) is 29.7 Å². The summed E-state index contributed by atoms with van der Waals surface area (Å²) in [6, 6.07) is 4.88. The maximum atomic E-state index is 10.8. The first-order valence-electron chi connectivity index (χ1n) is 4.87. The van der Waals surface area contributed by atoms with Gasteiger partial charge in [0, 0.05) is 5.39 Å². The third-order valence-corrected chi connectivity index (χ3v) is 2.55. The van der Waals surface area contributed by atoms with Crippen molar-refractivity contribution >= 4 is 22.7 Å². The first-order chi connectivity index (χ1) is 8.41. The molecule has 4 N–H and O–H groups in total. The normalized spacial score (nSPS) is 10.4. The molecule has 92 valence electrons. The largest absolute Gasteiger partial charge is 0.507 e. The van der Waals surface area contributed by atoms with Crippen LogP contribution in [0.25, 0.3) is 10.8 Å². The van der Waals surface area contributed by atoms with Gasteiger partial charge in [0.15, 0.2) is 0 Å². The number of aromatic hydroxyl groups is 2. The molecule has 0 saturated carbocycles. The molecule has 0 heterocycles. The average Bonchev–Trinajstić information content (AvgIpc) is 2.27. The van der Waals surface area contributed by atoms with E-state index in [0.717, 1.165) is 6.07 Å². The van der Waals surface area contributed by atoms with Crippen molar-refractivity contribution in [1.29, 1.82) is 0 Å². The minimum absolute atomic E-state index is 0.0237. The SMILES string of the molecule is O=C(O)c1ccc2c(O)c(C(=O)O)c(O)cc2c1. The summed E-state index contributed by atoms with van der Waals surface area (Å²) in [5.74, 6) is -3.82. The standard InChI is InChI=1S/C12H8O6/c13-8-4-6-3-5(11(15)16)1-2-7(6)10(14)9(8)12(17)18/h1-4,13-14H,(H,15,16)(H,17,18). The smallest absolute Gasteiger partial charge is 0.343 e. The number of carboxylic acids is 2. The Hall–Kier alpha value is -2.76. The minimum atomic E-state index is -1.46. The second kappa shape index (κ2) is 3.92. The molecule has 0 aliphatic carbocycles. The van der Waals surface area contributed by atoms with Crippen LogP contribution in [0.2, 0.25) is 0 Å². The second-order valence-electron chi connectivity index (χ2n) is 3.67. The maximum Gasteiger partial charge on any atom is 0.343 e. The first kappa shape index (κ1) is 11.7. The first-order valence-corrected chi connectivity index (χ1v) is 4.87. The van der Waals surface area contributed by atoms with Crippen molar-refractivity contribution in [3.05, 3.63) is 35.4 Å². The van der Waals surface area contributed by atoms with Crippen LogP contribution in [0.5, 0.6) is 11.5 Å². The van der Waals surface area contributed by atoms with E-state index < -0.39 is 29.0 Å². The van der Waals surface area contributed by atoms with Crippen molar-refractivity contribution in [2.24, 2.45) is 0 Å². The topological polar surface area (TPSA) is 115 Å². The molecule has 0 amide bonds. The van der Waals surface area contributed by atoms with Crippen LogP contribution < -0.4 is 0 Å². The molecule has 0 fully saturated rings. The fraction of sp³-hybridized carbons (Fsp3) is 0. The zero-order chi connectivity index (χ0) is 13.4. The number of fused-ring (bicyclic) bond motifs is 1. The molecular formula is C12H8O6. The van der Waals surface area contributed by atoms with Gasteiger partial charge in [0.1, 0.15) is 17.1 Å². The number of benzene rings is 2. The molecule has 2 rings (SSSR count). The maximum absolute atomic E-state index is 10.8. The third-order valence-electron chi connectivity index (χ3n) is 2.55. The monoisotopic (exact) mass is 248 g/mol. The summed E-state index contributed by atoms with van der Waals surface area (Å²) in [5.41, 5.74) is -0.630. The van der Waals surface area contributed by atoms with Crippen LogP contribution in [-0.4, -0.2) is 32.4 Å². The van der Waals surface area contributed by atoms with Crippen molar-refractivity contribution in [2.45, 2.75) is 0 Å². The van der Waals surface area contributed by atoms with E-state index in [1.54, 1.807) is 0 Å². The molecule has 18 heavy (non-hydrogen) atoms. The highest BCUT2D eigenvalue weighted by Crippen LogP contribution is 2.35. The lowest BCUT2D eigenvalue weighted by Crippen LogP contribution is -1.99. The van der Waals surface area contributed by atoms with E-state index in [1.807, 2.05) is 0 Å². The van der Waals surface area contributed by atoms with Gasteiger partial charge in [-0.2, -0.15) is 0 Å². The van der Waals surface area contributed by atoms with E-state index in [9.17, 15) is 19.8 Å². The molecule has 0 spiro atoms. The van der Waals surface area contributed by atoms with Crippen LogP contribution in [0.3, 0.4) is 0 Å². The van der Waals surface area contributed by atoms with E-state index in [0.29, 0.717) is 0 Å². The Morgan fingerprint density at radius 2 is 1.61 bits per heavy atom. The summed E-state index contributed by atoms with van der Waals surface area (Å²) < 4.78 is 0. The number of hydrogen-bond donors (Lipinski definition) is 4. The van der Waals surface area contributed by atoms with Crippen LogP contribution in [0, 0.1) is 0 Å². The summed E-state index contributed by atoms with van der Waals surface area (Å²) in [4.78, 5) is 21.6. The highest BCUT2D eigenvalue weighted by Gasteiger charge is 2.19. The molecule has 0 aliphatic heterocycles. The van der Waals surface area contributed by atoms with Crippen molar-refractivity contribution in [3.8, 4) is 11.5 Å². The summed E-state index contributed by atoms with van der Waals surface area (Å²) in [7, 11) is 0. The third kappa shape index (κ3) is 1.69. The highest BCUT2D eigenvalue weighted by molar-refractivity contribution is 6.04. The number of phenols is 2. The van der Waals surface area contributed by atoms with Gasteiger partial charge in [0.2, 0.25) is 0 Å².